The highest BCUT2D eigenvalue weighted by Crippen LogP contribution is 2.33. The van der Waals surface area contributed by atoms with Gasteiger partial charge in [-0.25, -0.2) is 0 Å². The first-order valence-electron chi connectivity index (χ1n) is 8.46. The smallest absolute Gasteiger partial charge is 0.326 e. The number of ether oxygens (including phenoxy) is 1. The van der Waals surface area contributed by atoms with Crippen LogP contribution in [0, 0.1) is 6.92 Å². The maximum Gasteiger partial charge on any atom is 0.326 e. The van der Waals surface area contributed by atoms with Crippen molar-refractivity contribution >= 4 is 23.3 Å². The fraction of sp³-hybridized carbons (Fsp3) is 0.556. The molecule has 0 bridgehead atoms. The number of nitrogens with one attached hydrogen (secondary N) is 1. The summed E-state index contributed by atoms with van der Waals surface area (Å²) in [6, 6.07) is 5.57. The van der Waals surface area contributed by atoms with E-state index in [1.807, 2.05) is 32.0 Å². The van der Waals surface area contributed by atoms with Gasteiger partial charge >= 0.3 is 5.97 Å². The van der Waals surface area contributed by atoms with Gasteiger partial charge in [0.25, 0.3) is 0 Å². The Bertz CT molecular complexity index is 608. The van der Waals surface area contributed by atoms with Gasteiger partial charge in [-0.15, -0.1) is 0 Å². The van der Waals surface area contributed by atoms with E-state index < -0.39 is 0 Å². The van der Waals surface area contributed by atoms with Gasteiger partial charge in [0.2, 0.25) is 5.91 Å². The van der Waals surface area contributed by atoms with E-state index in [4.69, 9.17) is 4.74 Å². The Morgan fingerprint density at radius 3 is 2.78 bits per heavy atom. The Labute approximate surface area is 137 Å². The number of fused-ring (bicyclic) bond motifs is 1. The van der Waals surface area contributed by atoms with Gasteiger partial charge in [0.05, 0.1) is 11.4 Å². The normalized spacial score (nSPS) is 21.0. The van der Waals surface area contributed by atoms with E-state index in [9.17, 15) is 9.59 Å². The summed E-state index contributed by atoms with van der Waals surface area (Å²) in [4.78, 5) is 26.4. The molecule has 1 unspecified atom stereocenters. The van der Waals surface area contributed by atoms with Gasteiger partial charge in [0.15, 0.2) is 0 Å². The number of nitrogens with zero attached hydrogens (tertiary/aromatic N) is 1. The van der Waals surface area contributed by atoms with Crippen LogP contribution >= 0.6 is 0 Å². The molecule has 0 saturated heterocycles. The van der Waals surface area contributed by atoms with Gasteiger partial charge in [-0.3, -0.25) is 14.5 Å². The Kier molecular flexibility index (Phi) is 4.55. The lowest BCUT2D eigenvalue weighted by molar-refractivity contribution is -0.147. The molecule has 23 heavy (non-hydrogen) atoms. The molecule has 1 aromatic rings. The van der Waals surface area contributed by atoms with Crippen molar-refractivity contribution in [2.75, 3.05) is 16.8 Å². The molecule has 5 nitrogen and oxygen atoms in total. The van der Waals surface area contributed by atoms with Crippen molar-refractivity contribution in [3.8, 4) is 0 Å². The van der Waals surface area contributed by atoms with Crippen LogP contribution in [0.5, 0.6) is 0 Å². The molecule has 1 aliphatic carbocycles. The van der Waals surface area contributed by atoms with Crippen LogP contribution in [-0.4, -0.2) is 30.6 Å². The second-order valence-electron chi connectivity index (χ2n) is 6.45. The molecule has 1 saturated carbocycles. The monoisotopic (exact) mass is 316 g/mol. The van der Waals surface area contributed by atoms with Gasteiger partial charge < -0.3 is 10.1 Å². The first-order chi connectivity index (χ1) is 11.1. The zero-order valence-corrected chi connectivity index (χ0v) is 13.8. The Morgan fingerprint density at radius 2 is 2.09 bits per heavy atom. The van der Waals surface area contributed by atoms with Gasteiger partial charge in [-0.1, -0.05) is 13.0 Å². The van der Waals surface area contributed by atoms with Gasteiger partial charge in [0.1, 0.15) is 18.7 Å². The molecular formula is C18H24N2O3. The minimum absolute atomic E-state index is 0.0103. The fourth-order valence-corrected chi connectivity index (χ4v) is 3.36. The second-order valence-corrected chi connectivity index (χ2v) is 6.45. The van der Waals surface area contributed by atoms with Crippen LogP contribution in [0.3, 0.4) is 0 Å². The second kappa shape index (κ2) is 6.60. The highest BCUT2D eigenvalue weighted by Gasteiger charge is 2.33. The summed E-state index contributed by atoms with van der Waals surface area (Å²) in [5.74, 6) is -0.374. The first-order valence-corrected chi connectivity index (χ1v) is 8.46. The summed E-state index contributed by atoms with van der Waals surface area (Å²) in [6.07, 6.45) is 4.82. The third kappa shape index (κ3) is 3.33. The maximum atomic E-state index is 12.6. The topological polar surface area (TPSA) is 58.6 Å². The number of carbonyl (C=O) groups is 2. The number of hydrogen-bond acceptors (Lipinski definition) is 4. The minimum atomic E-state index is -0.312. The van der Waals surface area contributed by atoms with Crippen LogP contribution in [0.1, 0.15) is 44.6 Å². The van der Waals surface area contributed by atoms with Crippen molar-refractivity contribution in [2.24, 2.45) is 0 Å². The van der Waals surface area contributed by atoms with E-state index in [-0.39, 0.29) is 30.6 Å². The van der Waals surface area contributed by atoms with Crippen molar-refractivity contribution in [3.63, 3.8) is 0 Å². The zero-order valence-electron chi connectivity index (χ0n) is 13.8. The van der Waals surface area contributed by atoms with Crippen LogP contribution < -0.4 is 10.2 Å². The predicted molar refractivity (Wildman–Crippen MR) is 89.6 cm³/mol. The first kappa shape index (κ1) is 15.8. The van der Waals surface area contributed by atoms with Crippen LogP contribution in [0.4, 0.5) is 11.4 Å². The van der Waals surface area contributed by atoms with Crippen LogP contribution in [0.2, 0.25) is 0 Å². The quantitative estimate of drug-likeness (QED) is 0.868. The van der Waals surface area contributed by atoms with Gasteiger partial charge in [-0.2, -0.15) is 0 Å². The lowest BCUT2D eigenvalue weighted by Gasteiger charge is -2.34. The fourth-order valence-electron chi connectivity index (χ4n) is 3.36. The zero-order chi connectivity index (χ0) is 16.4. The molecule has 1 heterocycles. The number of esters is 1. The van der Waals surface area contributed by atoms with E-state index in [1.54, 1.807) is 4.90 Å². The lowest BCUT2D eigenvalue weighted by Crippen LogP contribution is -2.49. The largest absolute Gasteiger partial charge is 0.461 e. The van der Waals surface area contributed by atoms with E-state index >= 15 is 0 Å². The standard InChI is InChI=1S/C18H24N2O3/c1-3-14-18(22)20(11-17(21)23-13-6-4-5-7-13)16-9-8-12(2)10-15(16)19-14/h8-10,13-14,19H,3-7,11H2,1-2H3. The Morgan fingerprint density at radius 1 is 1.35 bits per heavy atom. The molecule has 2 aliphatic rings. The van der Waals surface area contributed by atoms with Crippen molar-refractivity contribution in [3.05, 3.63) is 23.8 Å². The summed E-state index contributed by atoms with van der Waals surface area (Å²) in [5, 5.41) is 3.27. The molecule has 1 aromatic carbocycles. The average Bonchev–Trinajstić information content (AvgIpc) is 3.02. The highest BCUT2D eigenvalue weighted by atomic mass is 16.5. The van der Waals surface area contributed by atoms with Gasteiger partial charge in [0, 0.05) is 0 Å². The molecule has 3 rings (SSSR count). The molecule has 0 aromatic heterocycles. The molecule has 1 fully saturated rings. The van der Waals surface area contributed by atoms with Crippen LogP contribution in [-0.2, 0) is 14.3 Å². The number of carbonyl (C=O) groups excluding carboxylic acids is 2. The summed E-state index contributed by atoms with van der Waals surface area (Å²) in [5.41, 5.74) is 2.78. The molecule has 1 atom stereocenters. The summed E-state index contributed by atoms with van der Waals surface area (Å²) < 4.78 is 5.52. The maximum absolute atomic E-state index is 12.6. The summed E-state index contributed by atoms with van der Waals surface area (Å²) in [7, 11) is 0. The molecule has 1 aliphatic heterocycles. The Balaban J connectivity index is 1.78. The third-order valence-electron chi connectivity index (χ3n) is 4.63. The summed E-state index contributed by atoms with van der Waals surface area (Å²) >= 11 is 0. The van der Waals surface area contributed by atoms with Crippen molar-refractivity contribution in [1.82, 2.24) is 0 Å². The molecular weight excluding hydrogens is 292 g/mol. The van der Waals surface area contributed by atoms with Crippen LogP contribution in [0.25, 0.3) is 0 Å². The summed E-state index contributed by atoms with van der Waals surface area (Å²) in [6.45, 7) is 3.97. The van der Waals surface area contributed by atoms with Crippen molar-refractivity contribution < 1.29 is 14.3 Å². The highest BCUT2D eigenvalue weighted by molar-refractivity contribution is 6.07. The van der Waals surface area contributed by atoms with Crippen molar-refractivity contribution in [2.45, 2.75) is 58.1 Å². The molecule has 0 radical (unpaired) electrons. The van der Waals surface area contributed by atoms with Crippen LogP contribution in [0.15, 0.2) is 18.2 Å². The number of anilines is 2. The Hall–Kier alpha value is -2.04. The van der Waals surface area contributed by atoms with E-state index in [1.165, 1.54) is 0 Å². The molecule has 1 amide bonds. The molecule has 5 heteroatoms. The number of rotatable bonds is 4. The number of hydrogen-bond donors (Lipinski definition) is 1. The SMILES string of the molecule is CCC1Nc2cc(C)ccc2N(CC(=O)OC2CCCC2)C1=O. The van der Waals surface area contributed by atoms with E-state index in [0.717, 1.165) is 42.6 Å². The minimum Gasteiger partial charge on any atom is -0.461 e. The molecule has 0 spiro atoms. The molecule has 124 valence electrons. The van der Waals surface area contributed by atoms with Gasteiger partial charge in [-0.05, 0) is 56.7 Å². The predicted octanol–water partition coefficient (Wildman–Crippen LogP) is 3.02. The van der Waals surface area contributed by atoms with E-state index in [2.05, 4.69) is 5.32 Å². The third-order valence-corrected chi connectivity index (χ3v) is 4.63. The lowest BCUT2D eigenvalue weighted by atomic mass is 10.1. The van der Waals surface area contributed by atoms with Crippen molar-refractivity contribution in [1.29, 1.82) is 0 Å². The van der Waals surface area contributed by atoms with E-state index in [0.29, 0.717) is 6.42 Å². The average molecular weight is 316 g/mol. The molecule has 1 N–H and O–H groups in total. The number of aryl methyl sites for hydroxylation is 1. The number of benzene rings is 1. The number of amides is 1.